The molecule has 0 saturated carbocycles. The summed E-state index contributed by atoms with van der Waals surface area (Å²) in [6.07, 6.45) is 8.27. The van der Waals surface area contributed by atoms with Crippen LogP contribution in [-0.4, -0.2) is 128 Å². The van der Waals surface area contributed by atoms with Crippen molar-refractivity contribution in [3.63, 3.8) is 0 Å². The third-order valence-electron chi connectivity index (χ3n) is 17.8. The summed E-state index contributed by atoms with van der Waals surface area (Å²) in [5.41, 5.74) is 12.7. The number of benzene rings is 6. The summed E-state index contributed by atoms with van der Waals surface area (Å²) in [7, 11) is 0. The van der Waals surface area contributed by atoms with Gasteiger partial charge in [0.1, 0.15) is 11.2 Å². The fourth-order valence-electron chi connectivity index (χ4n) is 13.5. The highest BCUT2D eigenvalue weighted by Gasteiger charge is 2.45. The lowest BCUT2D eigenvalue weighted by Gasteiger charge is -2.30. The number of aliphatic carboxylic acids is 2. The van der Waals surface area contributed by atoms with Crippen molar-refractivity contribution in [3.05, 3.63) is 202 Å². The highest BCUT2D eigenvalue weighted by atomic mass is 35.5. The molecule has 8 aromatic rings. The van der Waals surface area contributed by atoms with Crippen LogP contribution in [0.25, 0.3) is 21.8 Å². The quantitative estimate of drug-likeness (QED) is 0.0609. The maximum absolute atomic E-state index is 13.5. The molecule has 516 valence electrons. The molecule has 14 rings (SSSR count). The summed E-state index contributed by atoms with van der Waals surface area (Å²) in [6.45, 7) is 13.2. The minimum atomic E-state index is -0.880. The number of hydrogen-bond donors (Lipinski definition) is 10. The van der Waals surface area contributed by atoms with Crippen molar-refractivity contribution in [2.24, 2.45) is 33.9 Å². The van der Waals surface area contributed by atoms with Gasteiger partial charge in [0.2, 0.25) is 11.8 Å². The van der Waals surface area contributed by atoms with Gasteiger partial charge in [0.15, 0.2) is 0 Å². The van der Waals surface area contributed by atoms with Crippen LogP contribution in [0.2, 0.25) is 0 Å². The molecule has 6 aliphatic rings. The van der Waals surface area contributed by atoms with Gasteiger partial charge >= 0.3 is 24.1 Å². The smallest absolute Gasteiger partial charge is 0.410 e. The Labute approximate surface area is 578 Å². The highest BCUT2D eigenvalue weighted by Crippen LogP contribution is 2.41. The van der Waals surface area contributed by atoms with E-state index in [2.05, 4.69) is 52.3 Å². The number of hydrogen-bond acceptors (Lipinski definition) is 14. The number of ether oxygens (including phenoxy) is 2. The lowest BCUT2D eigenvalue weighted by Crippen LogP contribution is -2.38. The first kappa shape index (κ1) is 71.1. The lowest BCUT2D eigenvalue weighted by atomic mass is 9.92. The van der Waals surface area contributed by atoms with E-state index in [1.165, 1.54) is 4.90 Å². The molecule has 8 atom stereocenters. The van der Waals surface area contributed by atoms with Crippen LogP contribution in [0.4, 0.5) is 21.0 Å². The number of carbonyl (C=O) groups excluding carboxylic acids is 6. The molecule has 2 aromatic heterocycles. The molecule has 4 saturated heterocycles. The number of anilines is 2. The van der Waals surface area contributed by atoms with Crippen molar-refractivity contribution in [1.29, 1.82) is 0 Å². The highest BCUT2D eigenvalue weighted by molar-refractivity contribution is 6.17. The van der Waals surface area contributed by atoms with E-state index in [4.69, 9.17) is 14.6 Å². The first-order valence-corrected chi connectivity index (χ1v) is 32.7. The van der Waals surface area contributed by atoms with Crippen molar-refractivity contribution in [3.8, 4) is 0 Å². The molecular weight excluding hydrogens is 1280 g/mol. The van der Waals surface area contributed by atoms with Gasteiger partial charge in [-0.1, -0.05) is 121 Å². The van der Waals surface area contributed by atoms with E-state index in [9.17, 15) is 43.5 Å². The number of carboxylic acid groups (broad SMARTS) is 2. The van der Waals surface area contributed by atoms with Crippen LogP contribution < -0.4 is 32.1 Å². The standard InChI is InChI=1S/C26H27N5O4.C21H19N5O2.C16H21NO4.C11H13NO2.ClH/c1-26(2,3)35-25(34)31-10-9-18(22(31)15-7-5-4-6-8-15)23(32)29-17-11-19-21-16(13-27-20(21)12-17)14-28-30-24(19)33;27-20(15-6-7-22-19(15)12-4-2-1-3-5-12)25-14-8-16-18-13(10-23-17(18)9-14)11-24-26-21(16)28;1-16(2,3)21-15(20)17-10-9-12(14(18)19)13(17)11-7-5-4-6-8-11;13-11(14)9-6-7-12-10(9)8-4-2-1-3-5-8;/h4-8,11-14,18,22,27H,9-10H2,1-3H3,(H,29,32)(H,30,33);1-5,8-11,15,19,22-23H,6-7H2,(H,25,27)(H,26,28);4-8,12-13H,9-10H2,1-3H3,(H,18,19);1-5,9-10,12H,6-7H2,(H,13,14);1H/t18-,22+;15-,19+;12-,13+;9-,10+;/m1111./s1. The molecule has 6 aliphatic heterocycles. The molecule has 0 aliphatic carbocycles. The van der Waals surface area contributed by atoms with Crippen molar-refractivity contribution in [1.82, 2.24) is 41.3 Å². The Balaban J connectivity index is 0.000000149. The zero-order chi connectivity index (χ0) is 69.4. The Morgan fingerprint density at radius 3 is 1.25 bits per heavy atom. The number of nitrogens with one attached hydrogen (secondary N) is 8. The van der Waals surface area contributed by atoms with E-state index in [0.29, 0.717) is 48.4 Å². The fraction of sp³-hybridized carbons (Fsp3) is 0.324. The van der Waals surface area contributed by atoms with Crippen LogP contribution in [0.5, 0.6) is 0 Å². The van der Waals surface area contributed by atoms with E-state index in [1.54, 1.807) is 68.7 Å². The monoisotopic (exact) mass is 1360 g/mol. The lowest BCUT2D eigenvalue weighted by molar-refractivity contribution is -0.143. The number of amides is 6. The van der Waals surface area contributed by atoms with E-state index in [0.717, 1.165) is 81.1 Å². The van der Waals surface area contributed by atoms with Gasteiger partial charge in [-0.05, 0) is 127 Å². The molecule has 99 heavy (non-hydrogen) atoms. The summed E-state index contributed by atoms with van der Waals surface area (Å²) in [5, 5.41) is 40.4. The van der Waals surface area contributed by atoms with Gasteiger partial charge in [-0.15, -0.1) is 12.4 Å². The van der Waals surface area contributed by atoms with Gasteiger partial charge in [-0.2, -0.15) is 10.2 Å². The third kappa shape index (κ3) is 16.7. The zero-order valence-corrected chi connectivity index (χ0v) is 56.4. The number of H-pyrrole nitrogens is 2. The largest absolute Gasteiger partial charge is 0.481 e. The van der Waals surface area contributed by atoms with Gasteiger partial charge in [0, 0.05) is 81.9 Å². The molecule has 8 heterocycles. The number of nitrogens with zero attached hydrogens (tertiary/aromatic N) is 4. The van der Waals surface area contributed by atoms with Crippen LogP contribution in [-0.2, 0) is 28.7 Å². The summed E-state index contributed by atoms with van der Waals surface area (Å²) >= 11 is 0. The van der Waals surface area contributed by atoms with Crippen molar-refractivity contribution in [2.75, 3.05) is 36.8 Å². The number of likely N-dealkylation sites (tertiary alicyclic amines) is 2. The van der Waals surface area contributed by atoms with Crippen molar-refractivity contribution in [2.45, 2.75) is 103 Å². The average Bonchev–Trinajstić information content (AvgIpc) is 1.67. The predicted octanol–water partition coefficient (Wildman–Crippen LogP) is 11.6. The molecule has 25 heteroatoms. The van der Waals surface area contributed by atoms with Crippen LogP contribution in [0, 0.1) is 23.7 Å². The van der Waals surface area contributed by atoms with E-state index >= 15 is 0 Å². The molecule has 10 N–H and O–H groups in total. The SMILES string of the molecule is CC(C)(C)OC(=O)N1CC[C@@H](C(=O)Nc2cc3c4c(c[nH]c4c2)C=NNC3=O)[C@@H]1c1ccccc1.CC(C)(C)OC(=O)N1CC[C@@H](C(=O)O)[C@@H]1c1ccccc1.Cl.O=C(O)[C@@H]1CCN[C@H]1c1ccccc1.O=C1NN=Cc2c[nH]c3cc(NC(=O)[C@@H]4CCN[C@H]4c4ccccc4)cc1c23. The van der Waals surface area contributed by atoms with Crippen LogP contribution in [0.1, 0.15) is 145 Å². The van der Waals surface area contributed by atoms with Crippen molar-refractivity contribution < 1.29 is 58.0 Å². The first-order chi connectivity index (χ1) is 47.0. The molecule has 0 bridgehead atoms. The summed E-state index contributed by atoms with van der Waals surface area (Å²) in [5.74, 6) is -4.04. The normalized spacial score (nSPS) is 21.2. The van der Waals surface area contributed by atoms with Crippen molar-refractivity contribution >= 4 is 106 Å². The molecule has 6 aromatic carbocycles. The van der Waals surface area contributed by atoms with E-state index in [1.807, 2.05) is 148 Å². The molecule has 4 fully saturated rings. The maximum atomic E-state index is 13.5. The maximum Gasteiger partial charge on any atom is 0.410 e. The number of hydrazone groups is 2. The summed E-state index contributed by atoms with van der Waals surface area (Å²) in [4.78, 5) is 109. The molecule has 0 spiro atoms. The Kier molecular flexibility index (Phi) is 22.1. The minimum absolute atomic E-state index is 0. The second kappa shape index (κ2) is 30.8. The Hall–Kier alpha value is -10.7. The fourth-order valence-corrected chi connectivity index (χ4v) is 13.5. The van der Waals surface area contributed by atoms with Crippen LogP contribution in [0.3, 0.4) is 0 Å². The molecule has 24 nitrogen and oxygen atoms in total. The van der Waals surface area contributed by atoms with Gasteiger partial charge in [0.25, 0.3) is 11.8 Å². The number of rotatable bonds is 10. The van der Waals surface area contributed by atoms with Gasteiger partial charge in [-0.25, -0.2) is 20.4 Å². The molecule has 0 radical (unpaired) electrons. The first-order valence-electron chi connectivity index (χ1n) is 32.7. The van der Waals surface area contributed by atoms with Crippen LogP contribution in [0.15, 0.2) is 168 Å². The van der Waals surface area contributed by atoms with E-state index in [-0.39, 0.29) is 60.0 Å². The number of carboxylic acids is 2. The van der Waals surface area contributed by atoms with Gasteiger partial charge < -0.3 is 60.7 Å². The Morgan fingerprint density at radius 2 is 0.848 bits per heavy atom. The molecule has 6 amide bonds. The zero-order valence-electron chi connectivity index (χ0n) is 55.6. The third-order valence-corrected chi connectivity index (χ3v) is 17.8. The van der Waals surface area contributed by atoms with Gasteiger partial charge in [0.05, 0.1) is 59.3 Å². The van der Waals surface area contributed by atoms with Crippen LogP contribution >= 0.6 is 12.4 Å². The Bertz CT molecular complexity index is 4330. The number of aromatic nitrogens is 2. The van der Waals surface area contributed by atoms with E-state index < -0.39 is 59.2 Å². The summed E-state index contributed by atoms with van der Waals surface area (Å²) < 4.78 is 11.0. The second-order valence-electron chi connectivity index (χ2n) is 26.8. The molecular formula is C74H81ClN12O12. The average molecular weight is 1370 g/mol. The Morgan fingerprint density at radius 1 is 0.485 bits per heavy atom. The number of halogens is 1. The van der Waals surface area contributed by atoms with Gasteiger partial charge in [-0.3, -0.25) is 28.8 Å². The number of carbonyl (C=O) groups is 8. The summed E-state index contributed by atoms with van der Waals surface area (Å²) in [6, 6.07) is 44.6. The predicted molar refractivity (Wildman–Crippen MR) is 378 cm³/mol. The minimum Gasteiger partial charge on any atom is -0.481 e. The number of aromatic amines is 2. The topological polar surface area (TPSA) is 330 Å². The molecule has 0 unspecified atom stereocenters. The second-order valence-corrected chi connectivity index (χ2v) is 26.8.